The van der Waals surface area contributed by atoms with Gasteiger partial charge in [-0.1, -0.05) is 12.1 Å². The number of benzene rings is 1. The van der Waals surface area contributed by atoms with Crippen molar-refractivity contribution in [1.82, 2.24) is 9.88 Å². The Morgan fingerprint density at radius 3 is 2.48 bits per heavy atom. The van der Waals surface area contributed by atoms with Crippen LogP contribution in [0.1, 0.15) is 25.3 Å². The molecule has 0 bridgehead atoms. The predicted octanol–water partition coefficient (Wildman–Crippen LogP) is 3.75. The molecule has 3 rings (SSSR count). The van der Waals surface area contributed by atoms with E-state index in [1.807, 2.05) is 36.4 Å². The summed E-state index contributed by atoms with van der Waals surface area (Å²) in [4.78, 5) is 6.40. The van der Waals surface area contributed by atoms with Crippen LogP contribution in [0.25, 0.3) is 0 Å². The van der Waals surface area contributed by atoms with Crippen LogP contribution in [-0.4, -0.2) is 41.1 Å². The molecule has 0 unspecified atom stereocenters. The van der Waals surface area contributed by atoms with Crippen LogP contribution in [-0.2, 0) is 0 Å². The molecule has 0 amide bonds. The van der Waals surface area contributed by atoms with Crippen molar-refractivity contribution in [3.63, 3.8) is 0 Å². The van der Waals surface area contributed by atoms with Gasteiger partial charge in [-0.15, -0.1) is 0 Å². The molecule has 0 saturated carbocycles. The van der Waals surface area contributed by atoms with Crippen LogP contribution in [0, 0.1) is 5.92 Å². The van der Waals surface area contributed by atoms with Crippen molar-refractivity contribution in [2.45, 2.75) is 19.8 Å². The second-order valence-corrected chi connectivity index (χ2v) is 6.23. The summed E-state index contributed by atoms with van der Waals surface area (Å²) in [7, 11) is 1.62. The fraction of sp³-hybridized carbons (Fsp3) is 0.368. The van der Waals surface area contributed by atoms with E-state index in [9.17, 15) is 5.21 Å². The average Bonchev–Trinajstić information content (AvgIpc) is 2.66. The van der Waals surface area contributed by atoms with Crippen LogP contribution in [0.4, 0.5) is 0 Å². The number of amidine groups is 1. The van der Waals surface area contributed by atoms with Crippen LogP contribution < -0.4 is 9.47 Å². The maximum absolute atomic E-state index is 9.60. The third-order valence-electron chi connectivity index (χ3n) is 4.46. The summed E-state index contributed by atoms with van der Waals surface area (Å²) in [6.07, 6.45) is 3.82. The summed E-state index contributed by atoms with van der Waals surface area (Å²) in [5, 5.41) is 13.1. The van der Waals surface area contributed by atoms with Gasteiger partial charge in [0.05, 0.1) is 12.7 Å². The van der Waals surface area contributed by atoms with Gasteiger partial charge in [0, 0.05) is 19.3 Å². The Bertz CT molecular complexity index is 723. The minimum Gasteiger partial charge on any atom is -0.497 e. The van der Waals surface area contributed by atoms with Gasteiger partial charge in [0.2, 0.25) is 5.88 Å². The Morgan fingerprint density at radius 2 is 1.84 bits per heavy atom. The maximum Gasteiger partial charge on any atom is 0.230 e. The van der Waals surface area contributed by atoms with Crippen molar-refractivity contribution in [3.05, 3.63) is 48.2 Å². The fourth-order valence-corrected chi connectivity index (χ4v) is 2.91. The second-order valence-electron chi connectivity index (χ2n) is 6.23. The van der Waals surface area contributed by atoms with E-state index in [-0.39, 0.29) is 0 Å². The molecule has 1 aromatic carbocycles. The molecule has 0 aliphatic carbocycles. The lowest BCUT2D eigenvalue weighted by Gasteiger charge is -2.32. The van der Waals surface area contributed by atoms with Crippen molar-refractivity contribution in [1.29, 1.82) is 0 Å². The molecule has 0 atom stereocenters. The summed E-state index contributed by atoms with van der Waals surface area (Å²) < 4.78 is 11.1. The maximum atomic E-state index is 9.60. The van der Waals surface area contributed by atoms with Gasteiger partial charge in [0.25, 0.3) is 0 Å². The molecule has 1 aliphatic heterocycles. The molecule has 1 aliphatic rings. The Labute approximate surface area is 147 Å². The summed E-state index contributed by atoms with van der Waals surface area (Å²) in [6.45, 7) is 3.96. The lowest BCUT2D eigenvalue weighted by Crippen LogP contribution is -2.38. The number of likely N-dealkylation sites (tertiary alicyclic amines) is 1. The van der Waals surface area contributed by atoms with Crippen molar-refractivity contribution in [3.8, 4) is 17.4 Å². The average molecular weight is 341 g/mol. The standard InChI is InChI=1S/C19H23N3O3/c1-14-9-12-22(13-10-14)18(21-23)17-4-3-11-20-19(17)25-16-7-5-15(24-2)6-8-16/h3-8,11,14,23H,9-10,12-13H2,1-2H3/b21-18-. The monoisotopic (exact) mass is 341 g/mol. The molecular weight excluding hydrogens is 318 g/mol. The van der Waals surface area contributed by atoms with Crippen molar-refractivity contribution >= 4 is 5.84 Å². The summed E-state index contributed by atoms with van der Waals surface area (Å²) >= 11 is 0. The molecule has 0 radical (unpaired) electrons. The van der Waals surface area contributed by atoms with Crippen LogP contribution >= 0.6 is 0 Å². The normalized spacial score (nSPS) is 15.9. The number of pyridine rings is 1. The SMILES string of the molecule is COc1ccc(Oc2ncccc2/C(=N/O)N2CCC(C)CC2)cc1. The van der Waals surface area contributed by atoms with E-state index in [1.54, 1.807) is 13.3 Å². The molecule has 132 valence electrons. The van der Waals surface area contributed by atoms with E-state index >= 15 is 0 Å². The third-order valence-corrected chi connectivity index (χ3v) is 4.46. The van der Waals surface area contributed by atoms with Gasteiger partial charge in [-0.25, -0.2) is 4.98 Å². The molecule has 6 heteroatoms. The molecule has 1 saturated heterocycles. The number of piperidine rings is 1. The number of methoxy groups -OCH3 is 1. The zero-order valence-corrected chi connectivity index (χ0v) is 14.6. The minimum absolute atomic E-state index is 0.416. The van der Waals surface area contributed by atoms with Gasteiger partial charge >= 0.3 is 0 Å². The van der Waals surface area contributed by atoms with Gasteiger partial charge in [-0.2, -0.15) is 0 Å². The summed E-state index contributed by atoms with van der Waals surface area (Å²) in [6, 6.07) is 11.0. The van der Waals surface area contributed by atoms with E-state index in [0.29, 0.717) is 28.9 Å². The van der Waals surface area contributed by atoms with Gasteiger partial charge in [-0.05, 0) is 55.2 Å². The zero-order chi connectivity index (χ0) is 17.6. The minimum atomic E-state index is 0.416. The van der Waals surface area contributed by atoms with Crippen molar-refractivity contribution in [2.75, 3.05) is 20.2 Å². The smallest absolute Gasteiger partial charge is 0.230 e. The predicted molar refractivity (Wildman–Crippen MR) is 95.6 cm³/mol. The van der Waals surface area contributed by atoms with Crippen molar-refractivity contribution < 1.29 is 14.7 Å². The van der Waals surface area contributed by atoms with Gasteiger partial charge < -0.3 is 19.6 Å². The first kappa shape index (κ1) is 17.1. The highest BCUT2D eigenvalue weighted by atomic mass is 16.5. The third kappa shape index (κ3) is 4.02. The van der Waals surface area contributed by atoms with Gasteiger partial charge in [0.15, 0.2) is 5.84 Å². The first-order valence-corrected chi connectivity index (χ1v) is 8.45. The second kappa shape index (κ2) is 7.88. The van der Waals surface area contributed by atoms with Crippen LogP contribution in [0.5, 0.6) is 17.4 Å². The number of aromatic nitrogens is 1. The Balaban J connectivity index is 1.84. The van der Waals surface area contributed by atoms with Crippen LogP contribution in [0.15, 0.2) is 47.8 Å². The molecular formula is C19H23N3O3. The quantitative estimate of drug-likeness (QED) is 0.397. The number of rotatable bonds is 4. The van der Waals surface area contributed by atoms with E-state index in [2.05, 4.69) is 22.0 Å². The number of nitrogens with zero attached hydrogens (tertiary/aromatic N) is 3. The van der Waals surface area contributed by atoms with E-state index in [4.69, 9.17) is 9.47 Å². The lowest BCUT2D eigenvalue weighted by molar-refractivity contribution is 0.257. The fourth-order valence-electron chi connectivity index (χ4n) is 2.91. The molecule has 25 heavy (non-hydrogen) atoms. The zero-order valence-electron chi connectivity index (χ0n) is 14.6. The molecule has 6 nitrogen and oxygen atoms in total. The lowest BCUT2D eigenvalue weighted by atomic mass is 9.98. The first-order valence-electron chi connectivity index (χ1n) is 8.45. The highest BCUT2D eigenvalue weighted by Gasteiger charge is 2.23. The summed E-state index contributed by atoms with van der Waals surface area (Å²) in [5.41, 5.74) is 0.676. The van der Waals surface area contributed by atoms with Crippen LogP contribution in [0.3, 0.4) is 0 Å². The molecule has 2 aromatic rings. The Kier molecular flexibility index (Phi) is 5.38. The van der Waals surface area contributed by atoms with E-state index in [0.717, 1.165) is 31.7 Å². The van der Waals surface area contributed by atoms with E-state index < -0.39 is 0 Å². The van der Waals surface area contributed by atoms with E-state index in [1.165, 1.54) is 0 Å². The molecule has 1 fully saturated rings. The summed E-state index contributed by atoms with van der Waals surface area (Å²) in [5.74, 6) is 3.02. The number of ether oxygens (including phenoxy) is 2. The van der Waals surface area contributed by atoms with Gasteiger partial charge in [0.1, 0.15) is 11.5 Å². The topological polar surface area (TPSA) is 67.2 Å². The Hall–Kier alpha value is -2.76. The number of hydrogen-bond donors (Lipinski definition) is 1. The molecule has 1 aromatic heterocycles. The largest absolute Gasteiger partial charge is 0.497 e. The number of hydrogen-bond acceptors (Lipinski definition) is 5. The highest BCUT2D eigenvalue weighted by molar-refractivity contribution is 6.00. The Morgan fingerprint density at radius 1 is 1.16 bits per heavy atom. The number of oxime groups is 1. The highest BCUT2D eigenvalue weighted by Crippen LogP contribution is 2.27. The van der Waals surface area contributed by atoms with Crippen molar-refractivity contribution in [2.24, 2.45) is 11.1 Å². The molecule has 1 N–H and O–H groups in total. The van der Waals surface area contributed by atoms with Crippen LogP contribution in [0.2, 0.25) is 0 Å². The molecule has 2 heterocycles. The van der Waals surface area contributed by atoms with Gasteiger partial charge in [-0.3, -0.25) is 0 Å². The molecule has 0 spiro atoms. The first-order chi connectivity index (χ1) is 12.2.